The zero-order valence-electron chi connectivity index (χ0n) is 10.8. The Morgan fingerprint density at radius 1 is 1.33 bits per heavy atom. The van der Waals surface area contributed by atoms with Gasteiger partial charge in [0.15, 0.2) is 0 Å². The largest absolute Gasteiger partial charge is 0.388 e. The summed E-state index contributed by atoms with van der Waals surface area (Å²) >= 11 is 1.95. The molecule has 0 aliphatic heterocycles. The van der Waals surface area contributed by atoms with Gasteiger partial charge < -0.3 is 10.8 Å². The van der Waals surface area contributed by atoms with Crippen molar-refractivity contribution in [3.05, 3.63) is 35.9 Å². The van der Waals surface area contributed by atoms with E-state index in [1.807, 2.05) is 17.8 Å². The molecule has 1 aliphatic rings. The average Bonchev–Trinajstić information content (AvgIpc) is 2.78. The van der Waals surface area contributed by atoms with E-state index in [1.165, 1.54) is 5.56 Å². The van der Waals surface area contributed by atoms with Gasteiger partial charge in [0.25, 0.3) is 0 Å². The van der Waals surface area contributed by atoms with Gasteiger partial charge in [0.05, 0.1) is 5.60 Å². The lowest BCUT2D eigenvalue weighted by Gasteiger charge is -2.28. The molecule has 2 atom stereocenters. The Morgan fingerprint density at radius 2 is 2.11 bits per heavy atom. The van der Waals surface area contributed by atoms with Gasteiger partial charge in [-0.2, -0.15) is 11.8 Å². The molecule has 3 heteroatoms. The quantitative estimate of drug-likeness (QED) is 0.778. The lowest BCUT2D eigenvalue weighted by atomic mass is 9.89. The third-order valence-electron chi connectivity index (χ3n) is 4.00. The predicted octanol–water partition coefficient (Wildman–Crippen LogP) is 2.80. The first kappa shape index (κ1) is 13.9. The van der Waals surface area contributed by atoms with Gasteiger partial charge in [-0.3, -0.25) is 0 Å². The molecule has 0 bridgehead atoms. The first-order valence-electron chi connectivity index (χ1n) is 6.79. The van der Waals surface area contributed by atoms with Crippen molar-refractivity contribution in [2.45, 2.75) is 37.0 Å². The number of rotatable bonds is 6. The Bertz CT molecular complexity index is 357. The molecule has 0 saturated heterocycles. The van der Waals surface area contributed by atoms with Gasteiger partial charge in [-0.1, -0.05) is 36.8 Å². The van der Waals surface area contributed by atoms with Crippen LogP contribution >= 0.6 is 11.8 Å². The highest BCUT2D eigenvalue weighted by Gasteiger charge is 2.39. The molecule has 2 unspecified atom stereocenters. The van der Waals surface area contributed by atoms with Gasteiger partial charge >= 0.3 is 0 Å². The summed E-state index contributed by atoms with van der Waals surface area (Å²) in [5.74, 6) is 2.59. The van der Waals surface area contributed by atoms with Crippen molar-refractivity contribution < 1.29 is 5.11 Å². The summed E-state index contributed by atoms with van der Waals surface area (Å²) in [6.45, 7) is 0.418. The highest BCUT2D eigenvalue weighted by Crippen LogP contribution is 2.37. The van der Waals surface area contributed by atoms with Crippen LogP contribution in [0.15, 0.2) is 30.3 Å². The topological polar surface area (TPSA) is 46.2 Å². The fraction of sp³-hybridized carbons (Fsp3) is 0.600. The molecule has 0 spiro atoms. The van der Waals surface area contributed by atoms with E-state index in [4.69, 9.17) is 5.73 Å². The van der Waals surface area contributed by atoms with E-state index in [-0.39, 0.29) is 0 Å². The maximum Gasteiger partial charge on any atom is 0.0797 e. The van der Waals surface area contributed by atoms with Crippen LogP contribution in [0.1, 0.15) is 31.2 Å². The molecule has 1 aromatic carbocycles. The molecule has 0 heterocycles. The van der Waals surface area contributed by atoms with E-state index in [0.29, 0.717) is 12.5 Å². The van der Waals surface area contributed by atoms with Crippen molar-refractivity contribution in [2.75, 3.05) is 12.3 Å². The standard InChI is InChI=1S/C15H23NOS/c16-12-15(17)9-4-7-14(15)8-10-18-11-13-5-2-1-3-6-13/h1-3,5-6,14,17H,4,7-12,16H2. The van der Waals surface area contributed by atoms with Crippen LogP contribution < -0.4 is 5.73 Å². The number of nitrogens with two attached hydrogens (primary N) is 1. The smallest absolute Gasteiger partial charge is 0.0797 e. The summed E-state index contributed by atoms with van der Waals surface area (Å²) in [7, 11) is 0. The maximum absolute atomic E-state index is 10.3. The normalized spacial score (nSPS) is 27.6. The Labute approximate surface area is 114 Å². The summed E-state index contributed by atoms with van der Waals surface area (Å²) in [6.07, 6.45) is 4.24. The summed E-state index contributed by atoms with van der Waals surface area (Å²) in [4.78, 5) is 0. The second-order valence-corrected chi connectivity index (χ2v) is 6.33. The zero-order chi connectivity index (χ0) is 12.8. The number of thioether (sulfide) groups is 1. The van der Waals surface area contributed by atoms with Gasteiger partial charge in [0.2, 0.25) is 0 Å². The third kappa shape index (κ3) is 3.50. The molecule has 100 valence electrons. The molecule has 1 fully saturated rings. The number of benzene rings is 1. The highest BCUT2D eigenvalue weighted by molar-refractivity contribution is 7.98. The first-order chi connectivity index (χ1) is 8.74. The molecule has 1 aliphatic carbocycles. The van der Waals surface area contributed by atoms with Gasteiger partial charge in [0.1, 0.15) is 0 Å². The lowest BCUT2D eigenvalue weighted by Crippen LogP contribution is -2.41. The maximum atomic E-state index is 10.3. The van der Waals surface area contributed by atoms with Gasteiger partial charge in [-0.05, 0) is 36.5 Å². The van der Waals surface area contributed by atoms with Crippen molar-refractivity contribution in [3.63, 3.8) is 0 Å². The van der Waals surface area contributed by atoms with Crippen LogP contribution in [-0.2, 0) is 5.75 Å². The summed E-state index contributed by atoms with van der Waals surface area (Å²) in [6, 6.07) is 10.5. The van der Waals surface area contributed by atoms with Crippen molar-refractivity contribution in [1.82, 2.24) is 0 Å². The van der Waals surface area contributed by atoms with Crippen LogP contribution in [0.4, 0.5) is 0 Å². The predicted molar refractivity (Wildman–Crippen MR) is 78.6 cm³/mol. The lowest BCUT2D eigenvalue weighted by molar-refractivity contribution is 0.0104. The summed E-state index contributed by atoms with van der Waals surface area (Å²) < 4.78 is 0. The van der Waals surface area contributed by atoms with E-state index >= 15 is 0 Å². The van der Waals surface area contributed by atoms with Crippen molar-refractivity contribution in [1.29, 1.82) is 0 Å². The minimum Gasteiger partial charge on any atom is -0.388 e. The van der Waals surface area contributed by atoms with Crippen LogP contribution in [0, 0.1) is 5.92 Å². The van der Waals surface area contributed by atoms with Crippen molar-refractivity contribution in [2.24, 2.45) is 11.7 Å². The fourth-order valence-corrected chi connectivity index (χ4v) is 3.82. The average molecular weight is 265 g/mol. The summed E-state index contributed by atoms with van der Waals surface area (Å²) in [5.41, 5.74) is 6.50. The van der Waals surface area contributed by atoms with E-state index < -0.39 is 5.60 Å². The number of hydrogen-bond acceptors (Lipinski definition) is 3. The number of hydrogen-bond donors (Lipinski definition) is 2. The minimum atomic E-state index is -0.576. The highest BCUT2D eigenvalue weighted by atomic mass is 32.2. The monoisotopic (exact) mass is 265 g/mol. The molecule has 1 saturated carbocycles. The second kappa shape index (κ2) is 6.60. The first-order valence-corrected chi connectivity index (χ1v) is 7.94. The molecule has 0 aromatic heterocycles. The molecule has 2 nitrogen and oxygen atoms in total. The Hall–Kier alpha value is -0.510. The molecule has 0 amide bonds. The molecular weight excluding hydrogens is 242 g/mol. The van der Waals surface area contributed by atoms with Crippen LogP contribution in [0.3, 0.4) is 0 Å². The van der Waals surface area contributed by atoms with Crippen molar-refractivity contribution >= 4 is 11.8 Å². The SMILES string of the molecule is NCC1(O)CCCC1CCSCc1ccccc1. The molecular formula is C15H23NOS. The zero-order valence-corrected chi connectivity index (χ0v) is 11.7. The molecule has 3 N–H and O–H groups in total. The molecule has 2 rings (SSSR count). The molecule has 0 radical (unpaired) electrons. The molecule has 18 heavy (non-hydrogen) atoms. The third-order valence-corrected chi connectivity index (χ3v) is 5.06. The van der Waals surface area contributed by atoms with Crippen LogP contribution in [0.25, 0.3) is 0 Å². The van der Waals surface area contributed by atoms with Crippen LogP contribution in [0.5, 0.6) is 0 Å². The van der Waals surface area contributed by atoms with E-state index in [0.717, 1.165) is 37.2 Å². The van der Waals surface area contributed by atoms with E-state index in [1.54, 1.807) is 0 Å². The fourth-order valence-electron chi connectivity index (χ4n) is 2.80. The second-order valence-electron chi connectivity index (χ2n) is 5.22. The summed E-state index contributed by atoms with van der Waals surface area (Å²) in [5, 5.41) is 10.3. The van der Waals surface area contributed by atoms with Gasteiger partial charge in [-0.15, -0.1) is 0 Å². The Balaban J connectivity index is 1.70. The Kier molecular flexibility index (Phi) is 5.10. The van der Waals surface area contributed by atoms with Gasteiger partial charge in [-0.25, -0.2) is 0 Å². The Morgan fingerprint density at radius 3 is 2.83 bits per heavy atom. The van der Waals surface area contributed by atoms with Crippen LogP contribution in [0.2, 0.25) is 0 Å². The minimum absolute atomic E-state index is 0.408. The molecule has 1 aromatic rings. The van der Waals surface area contributed by atoms with Gasteiger partial charge in [0, 0.05) is 12.3 Å². The van der Waals surface area contributed by atoms with E-state index in [9.17, 15) is 5.11 Å². The van der Waals surface area contributed by atoms with E-state index in [2.05, 4.69) is 24.3 Å². The van der Waals surface area contributed by atoms with Crippen molar-refractivity contribution in [3.8, 4) is 0 Å². The number of aliphatic hydroxyl groups is 1. The van der Waals surface area contributed by atoms with Crippen LogP contribution in [-0.4, -0.2) is 23.0 Å².